The largest absolute Gasteiger partial charge is 0.508 e. The Bertz CT molecular complexity index is 632. The van der Waals surface area contributed by atoms with Gasteiger partial charge in [0.15, 0.2) is 0 Å². The smallest absolute Gasteiger partial charge is 0.387 e. The number of aromatic hydroxyl groups is 1. The third-order valence-electron chi connectivity index (χ3n) is 2.65. The first-order chi connectivity index (χ1) is 10.0. The molecule has 0 aliphatic carbocycles. The molecule has 0 saturated heterocycles. The van der Waals surface area contributed by atoms with Crippen molar-refractivity contribution in [1.29, 1.82) is 0 Å². The van der Waals surface area contributed by atoms with Gasteiger partial charge in [-0.05, 0) is 29.8 Å². The first kappa shape index (κ1) is 14.8. The summed E-state index contributed by atoms with van der Waals surface area (Å²) >= 11 is 0. The van der Waals surface area contributed by atoms with E-state index < -0.39 is 12.5 Å². The summed E-state index contributed by atoms with van der Waals surface area (Å²) in [5.41, 5.74) is 0.780. The Kier molecular flexibility index (Phi) is 4.71. The molecule has 4 nitrogen and oxygen atoms in total. The predicted molar refractivity (Wildman–Crippen MR) is 73.5 cm³/mol. The van der Waals surface area contributed by atoms with Gasteiger partial charge in [-0.15, -0.1) is 0 Å². The number of halogens is 2. The summed E-state index contributed by atoms with van der Waals surface area (Å²) in [5, 5.41) is 11.8. The molecule has 0 fully saturated rings. The molecule has 0 aliphatic rings. The summed E-state index contributed by atoms with van der Waals surface area (Å²) in [7, 11) is 0. The quantitative estimate of drug-likeness (QED) is 0.890. The lowest BCUT2D eigenvalue weighted by atomic mass is 10.1. The van der Waals surface area contributed by atoms with E-state index in [0.717, 1.165) is 0 Å². The van der Waals surface area contributed by atoms with Crippen molar-refractivity contribution in [2.45, 2.75) is 13.0 Å². The van der Waals surface area contributed by atoms with E-state index in [4.69, 9.17) is 0 Å². The van der Waals surface area contributed by atoms with E-state index in [-0.39, 0.29) is 23.6 Å². The van der Waals surface area contributed by atoms with E-state index in [1.165, 1.54) is 30.3 Å². The Morgan fingerprint density at radius 3 is 2.67 bits per heavy atom. The van der Waals surface area contributed by atoms with Gasteiger partial charge < -0.3 is 15.2 Å². The first-order valence-electron chi connectivity index (χ1n) is 6.16. The van der Waals surface area contributed by atoms with Crippen LogP contribution in [-0.2, 0) is 11.2 Å². The molecular weight excluding hydrogens is 280 g/mol. The number of alkyl halides is 2. The van der Waals surface area contributed by atoms with Crippen molar-refractivity contribution in [3.63, 3.8) is 0 Å². The van der Waals surface area contributed by atoms with Gasteiger partial charge in [-0.2, -0.15) is 8.78 Å². The molecule has 0 aliphatic heterocycles. The zero-order valence-electron chi connectivity index (χ0n) is 10.9. The number of rotatable bonds is 5. The van der Waals surface area contributed by atoms with Crippen molar-refractivity contribution in [2.24, 2.45) is 0 Å². The highest BCUT2D eigenvalue weighted by atomic mass is 19.3. The Labute approximate surface area is 120 Å². The molecule has 0 saturated carbocycles. The molecule has 0 unspecified atom stereocenters. The van der Waals surface area contributed by atoms with Crippen LogP contribution in [0.2, 0.25) is 0 Å². The minimum absolute atomic E-state index is 0.0113. The highest BCUT2D eigenvalue weighted by Crippen LogP contribution is 2.25. The van der Waals surface area contributed by atoms with Gasteiger partial charge in [0.05, 0.1) is 12.1 Å². The van der Waals surface area contributed by atoms with Crippen molar-refractivity contribution in [2.75, 3.05) is 5.32 Å². The first-order valence-corrected chi connectivity index (χ1v) is 6.16. The fourth-order valence-corrected chi connectivity index (χ4v) is 1.81. The van der Waals surface area contributed by atoms with Crippen LogP contribution in [0.25, 0.3) is 0 Å². The van der Waals surface area contributed by atoms with Gasteiger partial charge in [0.2, 0.25) is 5.91 Å². The molecular formula is C15H13F2NO3. The topological polar surface area (TPSA) is 58.6 Å². The predicted octanol–water partition coefficient (Wildman–Crippen LogP) is 3.17. The number of amides is 1. The molecule has 2 aromatic carbocycles. The lowest BCUT2D eigenvalue weighted by molar-refractivity contribution is -0.115. The van der Waals surface area contributed by atoms with Crippen LogP contribution in [0.5, 0.6) is 11.5 Å². The summed E-state index contributed by atoms with van der Waals surface area (Å²) < 4.78 is 28.9. The number of nitrogens with one attached hydrogen (secondary N) is 1. The Balaban J connectivity index is 2.06. The van der Waals surface area contributed by atoms with Crippen molar-refractivity contribution in [1.82, 2.24) is 0 Å². The monoisotopic (exact) mass is 293 g/mol. The van der Waals surface area contributed by atoms with Crippen LogP contribution in [0.15, 0.2) is 48.5 Å². The third kappa shape index (κ3) is 4.45. The van der Waals surface area contributed by atoms with Crippen molar-refractivity contribution in [3.05, 3.63) is 54.1 Å². The van der Waals surface area contributed by atoms with Crippen LogP contribution < -0.4 is 10.1 Å². The number of carbonyl (C=O) groups excluding carboxylic acids is 1. The van der Waals surface area contributed by atoms with E-state index >= 15 is 0 Å². The molecule has 0 bridgehead atoms. The van der Waals surface area contributed by atoms with Crippen molar-refractivity contribution >= 4 is 11.6 Å². The van der Waals surface area contributed by atoms with Crippen LogP contribution in [0.3, 0.4) is 0 Å². The fraction of sp³-hybridized carbons (Fsp3) is 0.133. The lowest BCUT2D eigenvalue weighted by Gasteiger charge is -2.11. The summed E-state index contributed by atoms with van der Waals surface area (Å²) in [6.07, 6.45) is 0.0113. The van der Waals surface area contributed by atoms with Crippen LogP contribution >= 0.6 is 0 Å². The van der Waals surface area contributed by atoms with E-state index in [1.807, 2.05) is 0 Å². The van der Waals surface area contributed by atoms with E-state index in [0.29, 0.717) is 5.56 Å². The Hall–Kier alpha value is -2.63. The highest BCUT2D eigenvalue weighted by molar-refractivity contribution is 5.93. The standard InChI is InChI=1S/C15H13F2NO3/c16-15(17)21-13-7-2-1-6-12(13)18-14(20)9-10-4-3-5-11(19)8-10/h1-8,15,19H,9H2,(H,18,20). The normalized spacial score (nSPS) is 10.4. The Morgan fingerprint density at radius 1 is 1.19 bits per heavy atom. The number of para-hydroxylation sites is 2. The number of benzene rings is 2. The molecule has 1 amide bonds. The van der Waals surface area contributed by atoms with Gasteiger partial charge in [-0.25, -0.2) is 0 Å². The van der Waals surface area contributed by atoms with Gasteiger partial charge in [0.25, 0.3) is 0 Å². The summed E-state index contributed by atoms with van der Waals surface area (Å²) in [5.74, 6) is -0.440. The minimum Gasteiger partial charge on any atom is -0.508 e. The summed E-state index contributed by atoms with van der Waals surface area (Å²) in [6.45, 7) is -2.96. The van der Waals surface area contributed by atoms with E-state index in [1.54, 1.807) is 18.2 Å². The molecule has 0 atom stereocenters. The maximum Gasteiger partial charge on any atom is 0.387 e. The van der Waals surface area contributed by atoms with Crippen LogP contribution in [0, 0.1) is 0 Å². The number of phenolic OH excluding ortho intramolecular Hbond substituents is 1. The number of carbonyl (C=O) groups is 1. The van der Waals surface area contributed by atoms with Crippen molar-refractivity contribution < 1.29 is 23.4 Å². The van der Waals surface area contributed by atoms with Gasteiger partial charge >= 0.3 is 6.61 Å². The van der Waals surface area contributed by atoms with Crippen LogP contribution in [0.1, 0.15) is 5.56 Å². The van der Waals surface area contributed by atoms with Crippen LogP contribution in [0.4, 0.5) is 14.5 Å². The molecule has 21 heavy (non-hydrogen) atoms. The maximum atomic E-state index is 12.3. The number of anilines is 1. The lowest BCUT2D eigenvalue weighted by Crippen LogP contribution is -2.15. The molecule has 110 valence electrons. The van der Waals surface area contributed by atoms with E-state index in [9.17, 15) is 18.7 Å². The third-order valence-corrected chi connectivity index (χ3v) is 2.65. The molecule has 2 rings (SSSR count). The number of phenols is 1. The van der Waals surface area contributed by atoms with Crippen molar-refractivity contribution in [3.8, 4) is 11.5 Å². The maximum absolute atomic E-state index is 12.3. The SMILES string of the molecule is O=C(Cc1cccc(O)c1)Nc1ccccc1OC(F)F. The molecule has 0 spiro atoms. The van der Waals surface area contributed by atoms with Crippen LogP contribution in [-0.4, -0.2) is 17.6 Å². The fourth-order valence-electron chi connectivity index (χ4n) is 1.81. The zero-order valence-corrected chi connectivity index (χ0v) is 10.9. The molecule has 0 aromatic heterocycles. The van der Waals surface area contributed by atoms with Gasteiger partial charge in [0.1, 0.15) is 11.5 Å². The molecule has 0 radical (unpaired) electrons. The number of ether oxygens (including phenoxy) is 1. The van der Waals surface area contributed by atoms with Gasteiger partial charge in [-0.3, -0.25) is 4.79 Å². The molecule has 2 N–H and O–H groups in total. The second kappa shape index (κ2) is 6.69. The summed E-state index contributed by atoms with van der Waals surface area (Å²) in [4.78, 5) is 11.9. The van der Waals surface area contributed by atoms with Gasteiger partial charge in [0, 0.05) is 0 Å². The molecule has 0 heterocycles. The summed E-state index contributed by atoms with van der Waals surface area (Å²) in [6, 6.07) is 12.2. The zero-order chi connectivity index (χ0) is 15.2. The molecule has 6 heteroatoms. The minimum atomic E-state index is -2.96. The van der Waals surface area contributed by atoms with Gasteiger partial charge in [-0.1, -0.05) is 24.3 Å². The number of hydrogen-bond donors (Lipinski definition) is 2. The second-order valence-corrected chi connectivity index (χ2v) is 4.27. The average molecular weight is 293 g/mol. The van der Waals surface area contributed by atoms with E-state index in [2.05, 4.69) is 10.1 Å². The Morgan fingerprint density at radius 2 is 1.95 bits per heavy atom. The highest BCUT2D eigenvalue weighted by Gasteiger charge is 2.12. The number of hydrogen-bond acceptors (Lipinski definition) is 3. The average Bonchev–Trinajstić information content (AvgIpc) is 2.40. The second-order valence-electron chi connectivity index (χ2n) is 4.27. The molecule has 2 aromatic rings.